The fraction of sp³-hybridized carbons (Fsp3) is 0. The van der Waals surface area contributed by atoms with E-state index < -0.39 is 0 Å². The Balaban J connectivity index is 1.22. The number of hydrogen-bond donors (Lipinski definition) is 0. The molecule has 0 saturated heterocycles. The van der Waals surface area contributed by atoms with Crippen LogP contribution in [0, 0.1) is 0 Å². The summed E-state index contributed by atoms with van der Waals surface area (Å²) in [6.07, 6.45) is 0. The molecule has 0 radical (unpaired) electrons. The van der Waals surface area contributed by atoms with Crippen LogP contribution in [0.3, 0.4) is 0 Å². The molecule has 53 heavy (non-hydrogen) atoms. The van der Waals surface area contributed by atoms with E-state index in [4.69, 9.17) is 15.0 Å². The van der Waals surface area contributed by atoms with Crippen LogP contribution in [0.4, 0.5) is 0 Å². The minimum Gasteiger partial charge on any atom is -0.309 e. The molecule has 0 fully saturated rings. The average molecular weight is 675 g/mol. The molecule has 2 aromatic heterocycles. The smallest absolute Gasteiger partial charge is 0.164 e. The monoisotopic (exact) mass is 674 g/mol. The molecule has 4 heteroatoms. The standard InChI is InChI=1S/C49H30N4/c1-2-15-32(16-3-1)47-50-48(52-49(51-47)43-30-42-35-18-6-4-14-31(35)26-27-39(42)37-20-8-9-21-38(37)43)34-28-33-17-5-7-19-36(33)46(29-34)53-44-24-12-10-22-40(44)41-23-11-13-25-45(41)53/h1-30H. The van der Waals surface area contributed by atoms with E-state index in [1.807, 2.05) is 18.2 Å². The molecule has 246 valence electrons. The summed E-state index contributed by atoms with van der Waals surface area (Å²) < 4.78 is 2.39. The highest BCUT2D eigenvalue weighted by atomic mass is 15.0. The number of rotatable bonds is 4. The molecule has 0 bridgehead atoms. The van der Waals surface area contributed by atoms with Crippen LogP contribution in [-0.2, 0) is 0 Å². The third kappa shape index (κ3) is 4.66. The summed E-state index contributed by atoms with van der Waals surface area (Å²) in [5, 5.41) is 11.8. The lowest BCUT2D eigenvalue weighted by molar-refractivity contribution is 1.08. The van der Waals surface area contributed by atoms with Gasteiger partial charge in [-0.15, -0.1) is 0 Å². The molecule has 0 aliphatic heterocycles. The van der Waals surface area contributed by atoms with Crippen molar-refractivity contribution in [2.45, 2.75) is 0 Å². The maximum Gasteiger partial charge on any atom is 0.164 e. The van der Waals surface area contributed by atoms with Gasteiger partial charge >= 0.3 is 0 Å². The van der Waals surface area contributed by atoms with Gasteiger partial charge in [-0.05, 0) is 68.0 Å². The van der Waals surface area contributed by atoms with E-state index in [0.29, 0.717) is 17.5 Å². The van der Waals surface area contributed by atoms with E-state index in [0.717, 1.165) is 49.6 Å². The van der Waals surface area contributed by atoms with E-state index in [1.165, 1.54) is 37.7 Å². The number of nitrogens with zero attached hydrogens (tertiary/aromatic N) is 4. The van der Waals surface area contributed by atoms with Crippen molar-refractivity contribution >= 4 is 64.9 Å². The Labute approximate surface area is 305 Å². The Kier molecular flexibility index (Phi) is 6.52. The van der Waals surface area contributed by atoms with Crippen molar-refractivity contribution in [1.29, 1.82) is 0 Å². The zero-order valence-corrected chi connectivity index (χ0v) is 28.6. The molecule has 11 rings (SSSR count). The van der Waals surface area contributed by atoms with E-state index >= 15 is 0 Å². The molecule has 0 aliphatic rings. The Bertz CT molecular complexity index is 3180. The second-order valence-corrected chi connectivity index (χ2v) is 13.6. The lowest BCUT2D eigenvalue weighted by Gasteiger charge is -2.16. The molecule has 0 saturated carbocycles. The van der Waals surface area contributed by atoms with Crippen molar-refractivity contribution in [1.82, 2.24) is 19.5 Å². The van der Waals surface area contributed by atoms with Crippen molar-refractivity contribution in [3.63, 3.8) is 0 Å². The summed E-state index contributed by atoms with van der Waals surface area (Å²) in [5.41, 5.74) is 6.25. The maximum absolute atomic E-state index is 5.36. The first-order valence-electron chi connectivity index (χ1n) is 18.0. The van der Waals surface area contributed by atoms with Gasteiger partial charge in [-0.25, -0.2) is 15.0 Å². The molecule has 0 atom stereocenters. The van der Waals surface area contributed by atoms with Crippen LogP contribution < -0.4 is 0 Å². The van der Waals surface area contributed by atoms with E-state index in [1.54, 1.807) is 0 Å². The molecule has 2 heterocycles. The fourth-order valence-electron chi connectivity index (χ4n) is 8.17. The predicted octanol–water partition coefficient (Wildman–Crippen LogP) is 12.6. The van der Waals surface area contributed by atoms with Gasteiger partial charge in [0.25, 0.3) is 0 Å². The molecule has 0 amide bonds. The van der Waals surface area contributed by atoms with Gasteiger partial charge in [0.15, 0.2) is 17.5 Å². The van der Waals surface area contributed by atoms with Crippen LogP contribution in [0.15, 0.2) is 182 Å². The molecule has 0 N–H and O–H groups in total. The third-order valence-corrected chi connectivity index (χ3v) is 10.6. The molecule has 4 nitrogen and oxygen atoms in total. The van der Waals surface area contributed by atoms with Gasteiger partial charge in [0.2, 0.25) is 0 Å². The van der Waals surface area contributed by atoms with Crippen molar-refractivity contribution < 1.29 is 0 Å². The Morgan fingerprint density at radius 1 is 0.302 bits per heavy atom. The number of hydrogen-bond acceptors (Lipinski definition) is 3. The van der Waals surface area contributed by atoms with Crippen LogP contribution in [0.25, 0.3) is 105 Å². The molecular weight excluding hydrogens is 645 g/mol. The van der Waals surface area contributed by atoms with Crippen LogP contribution >= 0.6 is 0 Å². The van der Waals surface area contributed by atoms with Crippen LogP contribution in [0.5, 0.6) is 0 Å². The van der Waals surface area contributed by atoms with Gasteiger partial charge in [-0.3, -0.25) is 0 Å². The summed E-state index contributed by atoms with van der Waals surface area (Å²) in [7, 11) is 0. The van der Waals surface area contributed by atoms with Gasteiger partial charge in [0.1, 0.15) is 0 Å². The van der Waals surface area contributed by atoms with Crippen LogP contribution in [-0.4, -0.2) is 19.5 Å². The first kappa shape index (κ1) is 29.5. The predicted molar refractivity (Wildman–Crippen MR) is 220 cm³/mol. The van der Waals surface area contributed by atoms with E-state index in [-0.39, 0.29) is 0 Å². The maximum atomic E-state index is 5.36. The molecule has 0 aliphatic carbocycles. The number of benzene rings is 9. The van der Waals surface area contributed by atoms with Gasteiger partial charge in [-0.1, -0.05) is 152 Å². The van der Waals surface area contributed by atoms with Crippen LogP contribution in [0.2, 0.25) is 0 Å². The summed E-state index contributed by atoms with van der Waals surface area (Å²) in [4.78, 5) is 15.8. The minimum atomic E-state index is 0.628. The van der Waals surface area contributed by atoms with Crippen LogP contribution in [0.1, 0.15) is 0 Å². The average Bonchev–Trinajstić information content (AvgIpc) is 3.57. The number of aromatic nitrogens is 4. The summed E-state index contributed by atoms with van der Waals surface area (Å²) >= 11 is 0. The third-order valence-electron chi connectivity index (χ3n) is 10.6. The second kappa shape index (κ2) is 11.7. The largest absolute Gasteiger partial charge is 0.309 e. The second-order valence-electron chi connectivity index (χ2n) is 13.6. The first-order valence-corrected chi connectivity index (χ1v) is 18.0. The first-order chi connectivity index (χ1) is 26.3. The SMILES string of the molecule is c1ccc(-c2nc(-c3cc(-n4c5ccccc5c5ccccc54)c4ccccc4c3)nc(-c3cc4c5ccccc5ccc4c4ccccc34)n2)cc1. The normalized spacial score (nSPS) is 11.8. The summed E-state index contributed by atoms with van der Waals surface area (Å²) in [6, 6.07) is 64.5. The Hall–Kier alpha value is -7.17. The molecule has 0 spiro atoms. The number of fused-ring (bicyclic) bond motifs is 9. The zero-order chi connectivity index (χ0) is 34.9. The topological polar surface area (TPSA) is 43.6 Å². The van der Waals surface area contributed by atoms with Gasteiger partial charge in [0, 0.05) is 32.8 Å². The highest BCUT2D eigenvalue weighted by molar-refractivity contribution is 6.20. The van der Waals surface area contributed by atoms with E-state index in [9.17, 15) is 0 Å². The van der Waals surface area contributed by atoms with Crippen molar-refractivity contribution in [3.05, 3.63) is 182 Å². The highest BCUT2D eigenvalue weighted by Gasteiger charge is 2.20. The van der Waals surface area contributed by atoms with Crippen molar-refractivity contribution in [3.8, 4) is 39.9 Å². The van der Waals surface area contributed by atoms with Gasteiger partial charge in [-0.2, -0.15) is 0 Å². The Morgan fingerprint density at radius 2 is 0.830 bits per heavy atom. The molecule has 0 unspecified atom stereocenters. The Morgan fingerprint density at radius 3 is 1.57 bits per heavy atom. The molecule has 11 aromatic rings. The van der Waals surface area contributed by atoms with Gasteiger partial charge < -0.3 is 4.57 Å². The minimum absolute atomic E-state index is 0.628. The van der Waals surface area contributed by atoms with Gasteiger partial charge in [0.05, 0.1) is 16.7 Å². The fourth-order valence-corrected chi connectivity index (χ4v) is 8.17. The lowest BCUT2D eigenvalue weighted by Crippen LogP contribution is -2.02. The zero-order valence-electron chi connectivity index (χ0n) is 28.6. The summed E-state index contributed by atoms with van der Waals surface area (Å²) in [6.45, 7) is 0. The van der Waals surface area contributed by atoms with Crippen molar-refractivity contribution in [2.24, 2.45) is 0 Å². The quantitative estimate of drug-likeness (QED) is 0.175. The molecule has 9 aromatic carbocycles. The molecular formula is C49H30N4. The lowest BCUT2D eigenvalue weighted by atomic mass is 9.93. The number of para-hydroxylation sites is 2. The van der Waals surface area contributed by atoms with E-state index in [2.05, 4.69) is 168 Å². The highest BCUT2D eigenvalue weighted by Crippen LogP contribution is 2.40. The summed E-state index contributed by atoms with van der Waals surface area (Å²) in [5.74, 6) is 1.91. The van der Waals surface area contributed by atoms with Crippen molar-refractivity contribution in [2.75, 3.05) is 0 Å².